The van der Waals surface area contributed by atoms with Crippen LogP contribution in [0.25, 0.3) is 0 Å². The molecule has 2 rings (SSSR count). The molecule has 1 unspecified atom stereocenters. The molecule has 1 aromatic rings. The number of carbonyl (C=O) groups excluding carboxylic acids is 1. The summed E-state index contributed by atoms with van der Waals surface area (Å²) in [4.78, 5) is 11.0. The molecule has 0 saturated carbocycles. The summed E-state index contributed by atoms with van der Waals surface area (Å²) in [5.41, 5.74) is 5.65. The third kappa shape index (κ3) is 3.58. The maximum Gasteiger partial charge on any atom is 0.243 e. The fourth-order valence-electron chi connectivity index (χ4n) is 2.29. The van der Waals surface area contributed by atoms with Crippen LogP contribution in [0.5, 0.6) is 0 Å². The number of sulfonamides is 1. The number of piperidine rings is 1. The first-order valence-electron chi connectivity index (χ1n) is 6.63. The molecular formula is C13H18FN3O3S. The van der Waals surface area contributed by atoms with E-state index in [-0.39, 0.29) is 23.2 Å². The normalized spacial score (nSPS) is 20.2. The van der Waals surface area contributed by atoms with Crippen LogP contribution in [0.3, 0.4) is 0 Å². The third-order valence-electron chi connectivity index (χ3n) is 3.31. The van der Waals surface area contributed by atoms with Gasteiger partial charge in [0.2, 0.25) is 15.9 Å². The Morgan fingerprint density at radius 3 is 2.81 bits per heavy atom. The van der Waals surface area contributed by atoms with Gasteiger partial charge in [-0.3, -0.25) is 4.79 Å². The molecule has 1 aliphatic heterocycles. The van der Waals surface area contributed by atoms with Crippen LogP contribution >= 0.6 is 0 Å². The van der Waals surface area contributed by atoms with Crippen molar-refractivity contribution in [1.29, 1.82) is 0 Å². The van der Waals surface area contributed by atoms with Gasteiger partial charge in [0.25, 0.3) is 0 Å². The lowest BCUT2D eigenvalue weighted by molar-refractivity contribution is -0.114. The van der Waals surface area contributed by atoms with Gasteiger partial charge in [-0.15, -0.1) is 0 Å². The molecule has 1 saturated heterocycles. The van der Waals surface area contributed by atoms with Crippen molar-refractivity contribution in [2.24, 2.45) is 5.73 Å². The van der Waals surface area contributed by atoms with Crippen LogP contribution in [0.2, 0.25) is 0 Å². The van der Waals surface area contributed by atoms with E-state index in [2.05, 4.69) is 5.32 Å². The van der Waals surface area contributed by atoms with Crippen molar-refractivity contribution in [3.8, 4) is 0 Å². The predicted octanol–water partition coefficient (Wildman–Crippen LogP) is 0.896. The fraction of sp³-hybridized carbons (Fsp3) is 0.462. The Labute approximate surface area is 123 Å². The van der Waals surface area contributed by atoms with E-state index < -0.39 is 21.7 Å². The van der Waals surface area contributed by atoms with Crippen molar-refractivity contribution in [2.45, 2.75) is 30.7 Å². The number of anilines is 1. The van der Waals surface area contributed by atoms with Gasteiger partial charge in [0.05, 0.1) is 10.6 Å². The number of nitrogens with two attached hydrogens (primary N) is 1. The number of benzene rings is 1. The number of hydrogen-bond acceptors (Lipinski definition) is 4. The first-order valence-corrected chi connectivity index (χ1v) is 8.07. The van der Waals surface area contributed by atoms with Crippen molar-refractivity contribution in [1.82, 2.24) is 4.31 Å². The molecule has 3 N–H and O–H groups in total. The summed E-state index contributed by atoms with van der Waals surface area (Å²) in [6, 6.07) is 3.16. The van der Waals surface area contributed by atoms with Gasteiger partial charge in [-0.2, -0.15) is 4.31 Å². The molecule has 1 heterocycles. The second kappa shape index (κ2) is 6.08. The zero-order chi connectivity index (χ0) is 15.6. The van der Waals surface area contributed by atoms with Gasteiger partial charge in [-0.25, -0.2) is 12.8 Å². The summed E-state index contributed by atoms with van der Waals surface area (Å²) in [6.45, 7) is 1.86. The first kappa shape index (κ1) is 15.9. The Hall–Kier alpha value is -1.51. The highest BCUT2D eigenvalue weighted by molar-refractivity contribution is 7.89. The second-order valence-electron chi connectivity index (χ2n) is 5.09. The molecular weight excluding hydrogens is 297 g/mol. The Kier molecular flexibility index (Phi) is 4.60. The molecule has 116 valence electrons. The quantitative estimate of drug-likeness (QED) is 0.866. The minimum absolute atomic E-state index is 0.0539. The summed E-state index contributed by atoms with van der Waals surface area (Å²) < 4.78 is 39.9. The van der Waals surface area contributed by atoms with E-state index in [0.29, 0.717) is 13.0 Å². The van der Waals surface area contributed by atoms with Crippen molar-refractivity contribution in [3.05, 3.63) is 24.0 Å². The van der Waals surface area contributed by atoms with E-state index in [0.717, 1.165) is 18.6 Å². The monoisotopic (exact) mass is 315 g/mol. The zero-order valence-electron chi connectivity index (χ0n) is 11.7. The minimum Gasteiger partial charge on any atom is -0.327 e. The summed E-state index contributed by atoms with van der Waals surface area (Å²) >= 11 is 0. The van der Waals surface area contributed by atoms with E-state index in [1.54, 1.807) is 0 Å². The highest BCUT2D eigenvalue weighted by Crippen LogP contribution is 2.24. The lowest BCUT2D eigenvalue weighted by Gasteiger charge is -2.30. The average Bonchev–Trinajstić information content (AvgIpc) is 2.40. The molecule has 1 aromatic carbocycles. The van der Waals surface area contributed by atoms with Gasteiger partial charge < -0.3 is 11.1 Å². The van der Waals surface area contributed by atoms with Gasteiger partial charge in [0.1, 0.15) is 5.82 Å². The zero-order valence-corrected chi connectivity index (χ0v) is 12.5. The lowest BCUT2D eigenvalue weighted by Crippen LogP contribution is -2.45. The molecule has 1 atom stereocenters. The smallest absolute Gasteiger partial charge is 0.243 e. The molecule has 0 spiro atoms. The molecule has 0 radical (unpaired) electrons. The molecule has 1 amide bonds. The number of carbonyl (C=O) groups is 1. The number of amides is 1. The Morgan fingerprint density at radius 1 is 1.48 bits per heavy atom. The van der Waals surface area contributed by atoms with Crippen molar-refractivity contribution < 1.29 is 17.6 Å². The summed E-state index contributed by atoms with van der Waals surface area (Å²) in [5, 5.41) is 2.28. The molecule has 0 aromatic heterocycles. The van der Waals surface area contributed by atoms with E-state index >= 15 is 0 Å². The summed E-state index contributed by atoms with van der Waals surface area (Å²) in [7, 11) is -3.73. The number of nitrogens with one attached hydrogen (secondary N) is 1. The number of nitrogens with zero attached hydrogens (tertiary/aromatic N) is 1. The van der Waals surface area contributed by atoms with E-state index in [1.807, 2.05) is 0 Å². The number of rotatable bonds is 3. The van der Waals surface area contributed by atoms with Crippen LogP contribution in [0.4, 0.5) is 10.1 Å². The van der Waals surface area contributed by atoms with E-state index in [4.69, 9.17) is 5.73 Å². The molecule has 0 bridgehead atoms. The van der Waals surface area contributed by atoms with Gasteiger partial charge >= 0.3 is 0 Å². The second-order valence-corrected chi connectivity index (χ2v) is 7.03. The number of hydrogen-bond donors (Lipinski definition) is 2. The molecule has 21 heavy (non-hydrogen) atoms. The largest absolute Gasteiger partial charge is 0.327 e. The highest BCUT2D eigenvalue weighted by atomic mass is 32.2. The van der Waals surface area contributed by atoms with Gasteiger partial charge in [-0.1, -0.05) is 0 Å². The Morgan fingerprint density at radius 2 is 2.19 bits per heavy atom. The van der Waals surface area contributed by atoms with Crippen LogP contribution in [0.15, 0.2) is 23.1 Å². The predicted molar refractivity (Wildman–Crippen MR) is 76.7 cm³/mol. The maximum absolute atomic E-state index is 13.6. The minimum atomic E-state index is -3.73. The molecule has 0 aliphatic carbocycles. The van der Waals surface area contributed by atoms with Crippen LogP contribution < -0.4 is 11.1 Å². The van der Waals surface area contributed by atoms with Crippen LogP contribution in [0, 0.1) is 5.82 Å². The van der Waals surface area contributed by atoms with Crippen LogP contribution in [0.1, 0.15) is 19.8 Å². The molecule has 8 heteroatoms. The fourth-order valence-corrected chi connectivity index (χ4v) is 3.85. The summed E-state index contributed by atoms with van der Waals surface area (Å²) in [5.74, 6) is -1.15. The topological polar surface area (TPSA) is 92.5 Å². The average molecular weight is 315 g/mol. The van der Waals surface area contributed by atoms with Gasteiger partial charge in [0, 0.05) is 26.1 Å². The van der Waals surface area contributed by atoms with Crippen LogP contribution in [-0.2, 0) is 14.8 Å². The van der Waals surface area contributed by atoms with E-state index in [9.17, 15) is 17.6 Å². The maximum atomic E-state index is 13.6. The number of halogens is 1. The van der Waals surface area contributed by atoms with Gasteiger partial charge in [-0.05, 0) is 31.0 Å². The molecule has 1 aliphatic rings. The van der Waals surface area contributed by atoms with Crippen molar-refractivity contribution >= 4 is 21.6 Å². The third-order valence-corrected chi connectivity index (χ3v) is 5.17. The van der Waals surface area contributed by atoms with Crippen molar-refractivity contribution in [2.75, 3.05) is 18.4 Å². The first-order chi connectivity index (χ1) is 9.80. The van der Waals surface area contributed by atoms with Crippen molar-refractivity contribution in [3.63, 3.8) is 0 Å². The lowest BCUT2D eigenvalue weighted by atomic mass is 10.1. The Bertz CT molecular complexity index is 648. The van der Waals surface area contributed by atoms with Gasteiger partial charge in [0.15, 0.2) is 0 Å². The standard InChI is InChI=1S/C13H18FN3O3S/c1-9(18)16-13-7-11(4-5-12(13)14)21(19,20)17-6-2-3-10(15)8-17/h4-5,7,10H,2-3,6,8,15H2,1H3,(H,16,18). The van der Waals surface area contributed by atoms with E-state index in [1.165, 1.54) is 17.3 Å². The molecule has 6 nitrogen and oxygen atoms in total. The highest BCUT2D eigenvalue weighted by Gasteiger charge is 2.29. The molecule has 1 fully saturated rings. The summed E-state index contributed by atoms with van der Waals surface area (Å²) in [6.07, 6.45) is 1.48. The SMILES string of the molecule is CC(=O)Nc1cc(S(=O)(=O)N2CCCC(N)C2)ccc1F. The van der Waals surface area contributed by atoms with Crippen LogP contribution in [-0.4, -0.2) is 37.8 Å². The Balaban J connectivity index is 2.33.